The Bertz CT molecular complexity index is 490. The zero-order chi connectivity index (χ0) is 14.0. The number of hydrogen-bond donors (Lipinski definition) is 1. The minimum Gasteiger partial charge on any atom is -0.455 e. The van der Waals surface area contributed by atoms with Crippen LogP contribution in [0.25, 0.3) is 0 Å². The summed E-state index contributed by atoms with van der Waals surface area (Å²) in [6, 6.07) is 5.80. The number of carbonyl (C=O) groups excluding carboxylic acids is 2. The number of aryl methyl sites for hydroxylation is 2. The predicted molar refractivity (Wildman–Crippen MR) is 72.8 cm³/mol. The van der Waals surface area contributed by atoms with Gasteiger partial charge in [0.05, 0.1) is 5.92 Å². The summed E-state index contributed by atoms with van der Waals surface area (Å²) in [6.07, 6.45) is 0.873. The van der Waals surface area contributed by atoms with Crippen LogP contribution in [0.4, 0.5) is 5.69 Å². The van der Waals surface area contributed by atoms with Gasteiger partial charge in [0, 0.05) is 5.69 Å². The van der Waals surface area contributed by atoms with Crippen LogP contribution in [-0.2, 0) is 14.3 Å². The minimum atomic E-state index is -0.299. The largest absolute Gasteiger partial charge is 0.455 e. The molecule has 2 rings (SSSR count). The molecule has 1 aliphatic carbocycles. The van der Waals surface area contributed by atoms with Crippen molar-refractivity contribution in [2.75, 3.05) is 11.9 Å². The lowest BCUT2D eigenvalue weighted by Gasteiger charge is -2.08. The highest BCUT2D eigenvalue weighted by atomic mass is 16.5. The standard InChI is InChI=1S/C15H19NO3/c1-9-4-10(2)6-12(5-9)16-14(17)8-19-15(18)13-7-11(13)3/h4-6,11,13H,7-8H2,1-3H3,(H,16,17)/t11-,13+/m0/s1. The number of amides is 1. The van der Waals surface area contributed by atoms with Gasteiger partial charge >= 0.3 is 5.97 Å². The van der Waals surface area contributed by atoms with Crippen molar-refractivity contribution in [2.24, 2.45) is 11.8 Å². The molecule has 0 radical (unpaired) electrons. The number of anilines is 1. The quantitative estimate of drug-likeness (QED) is 0.847. The van der Waals surface area contributed by atoms with Crippen LogP contribution in [-0.4, -0.2) is 18.5 Å². The van der Waals surface area contributed by atoms with Gasteiger partial charge < -0.3 is 10.1 Å². The van der Waals surface area contributed by atoms with E-state index in [9.17, 15) is 9.59 Å². The van der Waals surface area contributed by atoms with E-state index in [1.165, 1.54) is 0 Å². The van der Waals surface area contributed by atoms with Crippen molar-refractivity contribution in [3.63, 3.8) is 0 Å². The van der Waals surface area contributed by atoms with Crippen LogP contribution in [0.2, 0.25) is 0 Å². The van der Waals surface area contributed by atoms with Crippen molar-refractivity contribution in [3.8, 4) is 0 Å². The van der Waals surface area contributed by atoms with Gasteiger partial charge in [-0.25, -0.2) is 0 Å². The minimum absolute atomic E-state index is 0.00554. The Balaban J connectivity index is 1.82. The number of ether oxygens (including phenoxy) is 1. The lowest BCUT2D eigenvalue weighted by molar-refractivity contribution is -0.148. The van der Waals surface area contributed by atoms with Crippen molar-refractivity contribution >= 4 is 17.6 Å². The molecular weight excluding hydrogens is 242 g/mol. The molecule has 0 aromatic heterocycles. The molecule has 0 bridgehead atoms. The van der Waals surface area contributed by atoms with Crippen molar-refractivity contribution in [2.45, 2.75) is 27.2 Å². The third-order valence-corrected chi connectivity index (χ3v) is 3.26. The molecule has 4 nitrogen and oxygen atoms in total. The van der Waals surface area contributed by atoms with Crippen LogP contribution in [0.3, 0.4) is 0 Å². The molecule has 2 atom stereocenters. The molecule has 1 amide bonds. The van der Waals surface area contributed by atoms with E-state index in [0.29, 0.717) is 5.92 Å². The van der Waals surface area contributed by atoms with Crippen LogP contribution in [0.15, 0.2) is 18.2 Å². The Morgan fingerprint density at radius 2 is 1.84 bits per heavy atom. The summed E-state index contributed by atoms with van der Waals surface area (Å²) in [5.41, 5.74) is 2.90. The Hall–Kier alpha value is -1.84. The maximum atomic E-state index is 11.7. The molecule has 0 aliphatic heterocycles. The zero-order valence-electron chi connectivity index (χ0n) is 11.5. The highest BCUT2D eigenvalue weighted by Crippen LogP contribution is 2.38. The predicted octanol–water partition coefficient (Wildman–Crippen LogP) is 2.44. The molecule has 1 aromatic rings. The summed E-state index contributed by atoms with van der Waals surface area (Å²) in [6.45, 7) is 5.73. The zero-order valence-corrected chi connectivity index (χ0v) is 11.5. The molecule has 4 heteroatoms. The van der Waals surface area contributed by atoms with E-state index in [-0.39, 0.29) is 24.4 Å². The van der Waals surface area contributed by atoms with Gasteiger partial charge in [-0.15, -0.1) is 0 Å². The highest BCUT2D eigenvalue weighted by molar-refractivity contribution is 5.93. The molecule has 1 aromatic carbocycles. The maximum absolute atomic E-state index is 11.7. The first kappa shape index (κ1) is 13.6. The molecule has 0 saturated heterocycles. The fraction of sp³-hybridized carbons (Fsp3) is 0.467. The summed E-state index contributed by atoms with van der Waals surface area (Å²) in [5, 5.41) is 2.73. The van der Waals surface area contributed by atoms with E-state index in [2.05, 4.69) is 5.32 Å². The number of carbonyl (C=O) groups is 2. The maximum Gasteiger partial charge on any atom is 0.309 e. The Morgan fingerprint density at radius 1 is 1.26 bits per heavy atom. The lowest BCUT2D eigenvalue weighted by atomic mass is 10.1. The van der Waals surface area contributed by atoms with Gasteiger partial charge in [0.1, 0.15) is 0 Å². The van der Waals surface area contributed by atoms with E-state index in [0.717, 1.165) is 23.2 Å². The normalized spacial score (nSPS) is 20.8. The van der Waals surface area contributed by atoms with Gasteiger partial charge in [-0.2, -0.15) is 0 Å². The number of benzene rings is 1. The Morgan fingerprint density at radius 3 is 2.37 bits per heavy atom. The van der Waals surface area contributed by atoms with E-state index in [4.69, 9.17) is 4.74 Å². The van der Waals surface area contributed by atoms with Gasteiger partial charge in [-0.05, 0) is 49.4 Å². The summed E-state index contributed by atoms with van der Waals surface area (Å²) < 4.78 is 4.98. The average Bonchev–Trinajstić information content (AvgIpc) is 3.02. The molecule has 102 valence electrons. The monoisotopic (exact) mass is 261 g/mol. The smallest absolute Gasteiger partial charge is 0.309 e. The van der Waals surface area contributed by atoms with Gasteiger partial charge in [-0.1, -0.05) is 13.0 Å². The summed E-state index contributed by atoms with van der Waals surface area (Å²) in [4.78, 5) is 23.2. The molecule has 0 spiro atoms. The third-order valence-electron chi connectivity index (χ3n) is 3.26. The van der Waals surface area contributed by atoms with Crippen LogP contribution in [0, 0.1) is 25.7 Å². The molecule has 0 heterocycles. The number of hydrogen-bond acceptors (Lipinski definition) is 3. The second kappa shape index (κ2) is 5.43. The molecule has 1 saturated carbocycles. The van der Waals surface area contributed by atoms with Gasteiger partial charge in [0.15, 0.2) is 6.61 Å². The van der Waals surface area contributed by atoms with E-state index in [1.54, 1.807) is 0 Å². The van der Waals surface area contributed by atoms with Gasteiger partial charge in [0.25, 0.3) is 5.91 Å². The molecule has 1 fully saturated rings. The Labute approximate surface area is 113 Å². The summed E-state index contributed by atoms with van der Waals surface area (Å²) in [7, 11) is 0. The fourth-order valence-corrected chi connectivity index (χ4v) is 2.14. The first-order chi connectivity index (χ1) is 8.95. The van der Waals surface area contributed by atoms with E-state index >= 15 is 0 Å². The molecular formula is C15H19NO3. The highest BCUT2D eigenvalue weighted by Gasteiger charge is 2.40. The SMILES string of the molecule is Cc1cc(C)cc(NC(=O)COC(=O)[C@@H]2C[C@@H]2C)c1. The third kappa shape index (κ3) is 3.81. The Kier molecular flexibility index (Phi) is 3.88. The number of esters is 1. The summed E-state index contributed by atoms with van der Waals surface area (Å²) >= 11 is 0. The molecule has 0 unspecified atom stereocenters. The van der Waals surface area contributed by atoms with Gasteiger partial charge in [-0.3, -0.25) is 9.59 Å². The van der Waals surface area contributed by atoms with Crippen molar-refractivity contribution in [1.82, 2.24) is 0 Å². The first-order valence-electron chi connectivity index (χ1n) is 6.50. The van der Waals surface area contributed by atoms with E-state index < -0.39 is 0 Å². The first-order valence-corrected chi connectivity index (χ1v) is 6.50. The van der Waals surface area contributed by atoms with Crippen LogP contribution in [0.5, 0.6) is 0 Å². The molecule has 1 N–H and O–H groups in total. The fourth-order valence-electron chi connectivity index (χ4n) is 2.14. The van der Waals surface area contributed by atoms with Gasteiger partial charge in [0.2, 0.25) is 0 Å². The van der Waals surface area contributed by atoms with Crippen molar-refractivity contribution in [3.05, 3.63) is 29.3 Å². The van der Waals surface area contributed by atoms with Crippen LogP contribution < -0.4 is 5.32 Å². The second-order valence-electron chi connectivity index (χ2n) is 5.35. The van der Waals surface area contributed by atoms with Crippen molar-refractivity contribution in [1.29, 1.82) is 0 Å². The number of rotatable bonds is 4. The van der Waals surface area contributed by atoms with E-state index in [1.807, 2.05) is 39.0 Å². The summed E-state index contributed by atoms with van der Waals surface area (Å²) in [5.74, 6) is -0.168. The lowest BCUT2D eigenvalue weighted by Crippen LogP contribution is -2.21. The molecule has 1 aliphatic rings. The second-order valence-corrected chi connectivity index (χ2v) is 5.35. The van der Waals surface area contributed by atoms with Crippen LogP contribution in [0.1, 0.15) is 24.5 Å². The topological polar surface area (TPSA) is 55.4 Å². The van der Waals surface area contributed by atoms with Crippen LogP contribution >= 0.6 is 0 Å². The molecule has 19 heavy (non-hydrogen) atoms. The average molecular weight is 261 g/mol. The van der Waals surface area contributed by atoms with Crippen molar-refractivity contribution < 1.29 is 14.3 Å². The number of nitrogens with one attached hydrogen (secondary N) is 1.